The number of aromatic nitrogens is 3. The van der Waals surface area contributed by atoms with E-state index in [1.54, 1.807) is 12.3 Å². The van der Waals surface area contributed by atoms with Crippen molar-refractivity contribution >= 4 is 11.8 Å². The van der Waals surface area contributed by atoms with Gasteiger partial charge in [0.05, 0.1) is 29.4 Å². The number of nitrogens with one attached hydrogen (secondary N) is 2. The third-order valence-corrected chi connectivity index (χ3v) is 4.84. The summed E-state index contributed by atoms with van der Waals surface area (Å²) in [5.41, 5.74) is 3.82. The average molecular weight is 391 g/mol. The van der Waals surface area contributed by atoms with Crippen LogP contribution in [0, 0.1) is 13.8 Å². The van der Waals surface area contributed by atoms with Gasteiger partial charge in [0.2, 0.25) is 5.91 Å². The molecular weight excluding hydrogens is 370 g/mol. The Kier molecular flexibility index (Phi) is 5.07. The summed E-state index contributed by atoms with van der Waals surface area (Å²) in [4.78, 5) is 33.1. The second kappa shape index (κ2) is 7.83. The molecule has 1 unspecified atom stereocenters. The molecule has 1 aliphatic rings. The third kappa shape index (κ3) is 4.01. The highest BCUT2D eigenvalue weighted by Crippen LogP contribution is 2.27. The Balaban J connectivity index is 1.38. The van der Waals surface area contributed by atoms with Gasteiger partial charge in [-0.2, -0.15) is 0 Å². The number of hydrogen-bond donors (Lipinski definition) is 2. The van der Waals surface area contributed by atoms with Gasteiger partial charge in [0, 0.05) is 30.8 Å². The van der Waals surface area contributed by atoms with E-state index in [0.29, 0.717) is 30.1 Å². The third-order valence-electron chi connectivity index (χ3n) is 4.84. The van der Waals surface area contributed by atoms with Crippen LogP contribution in [0.3, 0.4) is 0 Å². The van der Waals surface area contributed by atoms with Gasteiger partial charge >= 0.3 is 0 Å². The Bertz CT molecular complexity index is 1080. The number of carbonyl (C=O) groups is 2. The number of benzene rings is 1. The standard InChI is InChI=1S/C21H21N5O3/c1-12-9-19(29-26-12)16-11-23-13(2)24-17(16)7-8-22-20(27)10-18-14-5-3-4-6-15(14)21(28)25-18/h3-6,9,11,18H,7-8,10H2,1-2H3,(H,22,27)(H,25,28). The van der Waals surface area contributed by atoms with Crippen molar-refractivity contribution in [1.82, 2.24) is 25.8 Å². The van der Waals surface area contributed by atoms with Crippen molar-refractivity contribution in [1.29, 1.82) is 0 Å². The Labute approximate surface area is 167 Å². The fourth-order valence-corrected chi connectivity index (χ4v) is 3.46. The van der Waals surface area contributed by atoms with E-state index < -0.39 is 0 Å². The highest BCUT2D eigenvalue weighted by molar-refractivity contribution is 5.99. The summed E-state index contributed by atoms with van der Waals surface area (Å²) < 4.78 is 5.33. The minimum atomic E-state index is -0.298. The maximum absolute atomic E-state index is 12.4. The molecule has 1 atom stereocenters. The van der Waals surface area contributed by atoms with Crippen LogP contribution in [0.15, 0.2) is 41.1 Å². The lowest BCUT2D eigenvalue weighted by molar-refractivity contribution is -0.121. The molecule has 0 aliphatic carbocycles. The summed E-state index contributed by atoms with van der Waals surface area (Å²) in [5.74, 6) is 0.988. The van der Waals surface area contributed by atoms with Gasteiger partial charge in [-0.15, -0.1) is 0 Å². The molecule has 2 N–H and O–H groups in total. The predicted molar refractivity (Wildman–Crippen MR) is 105 cm³/mol. The van der Waals surface area contributed by atoms with Crippen LogP contribution in [0.25, 0.3) is 11.3 Å². The first-order valence-corrected chi connectivity index (χ1v) is 9.44. The summed E-state index contributed by atoms with van der Waals surface area (Å²) >= 11 is 0. The van der Waals surface area contributed by atoms with Crippen LogP contribution in [0.5, 0.6) is 0 Å². The van der Waals surface area contributed by atoms with Crippen LogP contribution in [0.2, 0.25) is 0 Å². The van der Waals surface area contributed by atoms with Gasteiger partial charge in [0.25, 0.3) is 5.91 Å². The molecule has 1 aliphatic heterocycles. The number of carbonyl (C=O) groups excluding carboxylic acids is 2. The number of hydrogen-bond acceptors (Lipinski definition) is 6. The van der Waals surface area contributed by atoms with E-state index in [0.717, 1.165) is 22.5 Å². The minimum absolute atomic E-state index is 0.130. The van der Waals surface area contributed by atoms with Crippen LogP contribution in [-0.4, -0.2) is 33.5 Å². The molecule has 0 spiro atoms. The van der Waals surface area contributed by atoms with Gasteiger partial charge < -0.3 is 15.2 Å². The Morgan fingerprint density at radius 1 is 1.24 bits per heavy atom. The maximum Gasteiger partial charge on any atom is 0.252 e. The molecule has 8 nitrogen and oxygen atoms in total. The molecule has 0 fully saturated rings. The topological polar surface area (TPSA) is 110 Å². The van der Waals surface area contributed by atoms with E-state index in [1.165, 1.54) is 0 Å². The molecule has 0 radical (unpaired) electrons. The smallest absolute Gasteiger partial charge is 0.252 e. The Morgan fingerprint density at radius 2 is 2.07 bits per heavy atom. The van der Waals surface area contributed by atoms with Gasteiger partial charge in [-0.05, 0) is 25.5 Å². The Morgan fingerprint density at radius 3 is 2.86 bits per heavy atom. The zero-order valence-corrected chi connectivity index (χ0v) is 16.2. The molecule has 148 valence electrons. The highest BCUT2D eigenvalue weighted by atomic mass is 16.5. The molecule has 3 heterocycles. The van der Waals surface area contributed by atoms with Crippen molar-refractivity contribution in [2.75, 3.05) is 6.54 Å². The van der Waals surface area contributed by atoms with Gasteiger partial charge in [-0.1, -0.05) is 23.4 Å². The van der Waals surface area contributed by atoms with Crippen molar-refractivity contribution in [3.8, 4) is 11.3 Å². The molecular formula is C21H21N5O3. The molecule has 0 saturated carbocycles. The molecule has 8 heteroatoms. The summed E-state index contributed by atoms with van der Waals surface area (Å²) in [6.07, 6.45) is 2.43. The minimum Gasteiger partial charge on any atom is -0.356 e. The van der Waals surface area contributed by atoms with Crippen LogP contribution in [-0.2, 0) is 11.2 Å². The molecule has 0 bridgehead atoms. The van der Waals surface area contributed by atoms with Crippen molar-refractivity contribution in [2.24, 2.45) is 0 Å². The summed E-state index contributed by atoms with van der Waals surface area (Å²) in [7, 11) is 0. The first-order chi connectivity index (χ1) is 14.0. The van der Waals surface area contributed by atoms with E-state index >= 15 is 0 Å². The molecule has 2 aromatic heterocycles. The predicted octanol–water partition coefficient (Wildman–Crippen LogP) is 2.28. The lowest BCUT2D eigenvalue weighted by Gasteiger charge is -2.12. The van der Waals surface area contributed by atoms with Crippen LogP contribution >= 0.6 is 0 Å². The van der Waals surface area contributed by atoms with Crippen molar-refractivity contribution in [3.63, 3.8) is 0 Å². The lowest BCUT2D eigenvalue weighted by atomic mass is 10.0. The zero-order chi connectivity index (χ0) is 20.4. The van der Waals surface area contributed by atoms with Crippen molar-refractivity contribution in [2.45, 2.75) is 32.7 Å². The number of nitrogens with zero attached hydrogens (tertiary/aromatic N) is 3. The van der Waals surface area contributed by atoms with E-state index in [1.807, 2.05) is 38.1 Å². The first kappa shape index (κ1) is 18.8. The van der Waals surface area contributed by atoms with E-state index in [4.69, 9.17) is 4.52 Å². The highest BCUT2D eigenvalue weighted by Gasteiger charge is 2.29. The lowest BCUT2D eigenvalue weighted by Crippen LogP contribution is -2.30. The molecule has 2 amide bonds. The number of aryl methyl sites for hydroxylation is 2. The molecule has 1 aromatic carbocycles. The summed E-state index contributed by atoms with van der Waals surface area (Å²) in [6, 6.07) is 8.86. The monoisotopic (exact) mass is 391 g/mol. The van der Waals surface area contributed by atoms with E-state index in [2.05, 4.69) is 25.8 Å². The van der Waals surface area contributed by atoms with Gasteiger partial charge in [-0.3, -0.25) is 9.59 Å². The van der Waals surface area contributed by atoms with Crippen LogP contribution in [0.4, 0.5) is 0 Å². The van der Waals surface area contributed by atoms with Gasteiger partial charge in [-0.25, -0.2) is 9.97 Å². The van der Waals surface area contributed by atoms with E-state index in [-0.39, 0.29) is 24.3 Å². The quantitative estimate of drug-likeness (QED) is 0.667. The normalized spacial score (nSPS) is 15.1. The fraction of sp³-hybridized carbons (Fsp3) is 0.286. The molecule has 0 saturated heterocycles. The number of fused-ring (bicyclic) bond motifs is 1. The molecule has 29 heavy (non-hydrogen) atoms. The molecule has 3 aromatic rings. The van der Waals surface area contributed by atoms with Crippen LogP contribution in [0.1, 0.15) is 45.6 Å². The van der Waals surface area contributed by atoms with Crippen LogP contribution < -0.4 is 10.6 Å². The summed E-state index contributed by atoms with van der Waals surface area (Å²) in [6.45, 7) is 4.08. The summed E-state index contributed by atoms with van der Waals surface area (Å²) in [5, 5.41) is 9.68. The maximum atomic E-state index is 12.4. The molecule has 4 rings (SSSR count). The van der Waals surface area contributed by atoms with Crippen molar-refractivity contribution < 1.29 is 14.1 Å². The SMILES string of the molecule is Cc1cc(-c2cnc(C)nc2CCNC(=O)CC2NC(=O)c3ccccc32)on1. The zero-order valence-electron chi connectivity index (χ0n) is 16.2. The van der Waals surface area contributed by atoms with E-state index in [9.17, 15) is 9.59 Å². The number of amides is 2. The van der Waals surface area contributed by atoms with Gasteiger partial charge in [0.15, 0.2) is 5.76 Å². The first-order valence-electron chi connectivity index (χ1n) is 9.44. The second-order valence-electron chi connectivity index (χ2n) is 7.03. The van der Waals surface area contributed by atoms with Gasteiger partial charge in [0.1, 0.15) is 5.82 Å². The Hall–Kier alpha value is -3.55. The number of rotatable bonds is 6. The second-order valence-corrected chi connectivity index (χ2v) is 7.03. The fourth-order valence-electron chi connectivity index (χ4n) is 3.46. The average Bonchev–Trinajstić information content (AvgIpc) is 3.26. The van der Waals surface area contributed by atoms with Crippen molar-refractivity contribution in [3.05, 3.63) is 64.9 Å². The largest absolute Gasteiger partial charge is 0.356 e.